The highest BCUT2D eigenvalue weighted by atomic mass is 35.5. The maximum Gasteiger partial charge on any atom is 0.290 e. The van der Waals surface area contributed by atoms with Crippen LogP contribution in [0.15, 0.2) is 51.7 Å². The van der Waals surface area contributed by atoms with Crippen molar-refractivity contribution in [3.8, 4) is 0 Å². The SMILES string of the molecule is Cc1cc2oc(C(=O)N(Cc3ccc(Cl)cc3)C[C@H]3CCCO3)cc(=O)c2cc1C. The Balaban J connectivity index is 1.68. The van der Waals surface area contributed by atoms with E-state index in [1.807, 2.05) is 38.1 Å². The lowest BCUT2D eigenvalue weighted by molar-refractivity contribution is 0.0484. The molecule has 2 heterocycles. The fraction of sp³-hybridized carbons (Fsp3) is 0.333. The van der Waals surface area contributed by atoms with Crippen molar-refractivity contribution in [2.75, 3.05) is 13.2 Å². The molecule has 1 atom stereocenters. The van der Waals surface area contributed by atoms with Crippen LogP contribution in [0, 0.1) is 13.8 Å². The second-order valence-electron chi connectivity index (χ2n) is 7.85. The summed E-state index contributed by atoms with van der Waals surface area (Å²) in [5.41, 5.74) is 3.17. The van der Waals surface area contributed by atoms with Gasteiger partial charge in [-0.1, -0.05) is 23.7 Å². The Morgan fingerprint density at radius 2 is 1.87 bits per heavy atom. The van der Waals surface area contributed by atoms with Gasteiger partial charge < -0.3 is 14.1 Å². The Morgan fingerprint density at radius 1 is 1.13 bits per heavy atom. The molecule has 6 heteroatoms. The van der Waals surface area contributed by atoms with Gasteiger partial charge in [0.25, 0.3) is 5.91 Å². The first-order valence-corrected chi connectivity index (χ1v) is 10.5. The monoisotopic (exact) mass is 425 g/mol. The molecule has 1 aromatic heterocycles. The van der Waals surface area contributed by atoms with Crippen LogP contribution in [0.3, 0.4) is 0 Å². The number of carbonyl (C=O) groups is 1. The third kappa shape index (κ3) is 4.42. The lowest BCUT2D eigenvalue weighted by atomic mass is 10.1. The quantitative estimate of drug-likeness (QED) is 0.584. The third-order valence-electron chi connectivity index (χ3n) is 5.58. The third-order valence-corrected chi connectivity index (χ3v) is 5.83. The number of halogens is 1. The van der Waals surface area contributed by atoms with Crippen molar-refractivity contribution in [3.05, 3.63) is 80.2 Å². The molecule has 30 heavy (non-hydrogen) atoms. The van der Waals surface area contributed by atoms with Crippen LogP contribution < -0.4 is 5.43 Å². The topological polar surface area (TPSA) is 59.8 Å². The van der Waals surface area contributed by atoms with Gasteiger partial charge in [-0.25, -0.2) is 0 Å². The molecule has 0 bridgehead atoms. The number of carbonyl (C=O) groups excluding carboxylic acids is 1. The molecule has 1 saturated heterocycles. The average Bonchev–Trinajstić information content (AvgIpc) is 3.23. The molecular formula is C24H24ClNO4. The van der Waals surface area contributed by atoms with E-state index in [2.05, 4.69) is 0 Å². The van der Waals surface area contributed by atoms with Gasteiger partial charge in [0.15, 0.2) is 11.2 Å². The largest absolute Gasteiger partial charge is 0.451 e. The number of amides is 1. The fourth-order valence-electron chi connectivity index (χ4n) is 3.74. The second-order valence-corrected chi connectivity index (χ2v) is 8.29. The highest BCUT2D eigenvalue weighted by Crippen LogP contribution is 2.21. The molecule has 4 rings (SSSR count). The molecule has 0 aliphatic carbocycles. The van der Waals surface area contributed by atoms with Gasteiger partial charge in [0, 0.05) is 30.8 Å². The van der Waals surface area contributed by atoms with Crippen molar-refractivity contribution in [3.63, 3.8) is 0 Å². The molecule has 2 aromatic carbocycles. The summed E-state index contributed by atoms with van der Waals surface area (Å²) in [5, 5.41) is 1.12. The van der Waals surface area contributed by atoms with Crippen LogP contribution in [0.25, 0.3) is 11.0 Å². The van der Waals surface area contributed by atoms with Crippen LogP contribution in [0.2, 0.25) is 5.02 Å². The van der Waals surface area contributed by atoms with Gasteiger partial charge in [-0.2, -0.15) is 0 Å². The number of hydrogen-bond donors (Lipinski definition) is 0. The van der Waals surface area contributed by atoms with Crippen molar-refractivity contribution >= 4 is 28.5 Å². The second kappa shape index (κ2) is 8.62. The highest BCUT2D eigenvalue weighted by molar-refractivity contribution is 6.30. The van der Waals surface area contributed by atoms with Crippen molar-refractivity contribution in [1.29, 1.82) is 0 Å². The number of ether oxygens (including phenoxy) is 1. The van der Waals surface area contributed by atoms with E-state index >= 15 is 0 Å². The Kier molecular flexibility index (Phi) is 5.93. The van der Waals surface area contributed by atoms with E-state index in [1.165, 1.54) is 6.07 Å². The van der Waals surface area contributed by atoms with Crippen molar-refractivity contribution in [2.45, 2.75) is 39.3 Å². The number of nitrogens with zero attached hydrogens (tertiary/aromatic N) is 1. The van der Waals surface area contributed by atoms with E-state index < -0.39 is 0 Å². The number of rotatable bonds is 5. The molecular weight excluding hydrogens is 402 g/mol. The highest BCUT2D eigenvalue weighted by Gasteiger charge is 2.26. The van der Waals surface area contributed by atoms with Gasteiger partial charge >= 0.3 is 0 Å². The molecule has 1 aliphatic rings. The minimum Gasteiger partial charge on any atom is -0.451 e. The van der Waals surface area contributed by atoms with Crippen LogP contribution in [0.4, 0.5) is 0 Å². The van der Waals surface area contributed by atoms with Crippen molar-refractivity contribution < 1.29 is 13.9 Å². The predicted molar refractivity (Wildman–Crippen MR) is 117 cm³/mol. The molecule has 1 amide bonds. The van der Waals surface area contributed by atoms with Gasteiger partial charge in [0.2, 0.25) is 0 Å². The van der Waals surface area contributed by atoms with Crippen LogP contribution in [0.1, 0.15) is 40.1 Å². The van der Waals surface area contributed by atoms with Gasteiger partial charge in [0.05, 0.1) is 11.5 Å². The summed E-state index contributed by atoms with van der Waals surface area (Å²) in [6.45, 7) is 5.42. The number of hydrogen-bond acceptors (Lipinski definition) is 4. The molecule has 0 N–H and O–H groups in total. The van der Waals surface area contributed by atoms with Crippen LogP contribution in [0.5, 0.6) is 0 Å². The minimum absolute atomic E-state index is 0.0154. The van der Waals surface area contributed by atoms with E-state index in [0.29, 0.717) is 35.7 Å². The Morgan fingerprint density at radius 3 is 2.57 bits per heavy atom. The summed E-state index contributed by atoms with van der Waals surface area (Å²) in [6, 6.07) is 12.3. The zero-order valence-electron chi connectivity index (χ0n) is 17.1. The summed E-state index contributed by atoms with van der Waals surface area (Å²) < 4.78 is 11.6. The van der Waals surface area contributed by atoms with E-state index in [1.54, 1.807) is 17.0 Å². The first-order valence-electron chi connectivity index (χ1n) is 10.1. The van der Waals surface area contributed by atoms with Crippen LogP contribution >= 0.6 is 11.6 Å². The molecule has 5 nitrogen and oxygen atoms in total. The van der Waals surface area contributed by atoms with Gasteiger partial charge in [0.1, 0.15) is 5.58 Å². The summed E-state index contributed by atoms with van der Waals surface area (Å²) in [7, 11) is 0. The zero-order chi connectivity index (χ0) is 21.3. The van der Waals surface area contributed by atoms with Gasteiger partial charge in [-0.3, -0.25) is 9.59 Å². The van der Waals surface area contributed by atoms with Gasteiger partial charge in [-0.05, 0) is 67.6 Å². The lowest BCUT2D eigenvalue weighted by Crippen LogP contribution is -2.37. The normalized spacial score (nSPS) is 16.2. The number of aryl methyl sites for hydroxylation is 2. The molecule has 1 fully saturated rings. The molecule has 0 saturated carbocycles. The van der Waals surface area contributed by atoms with Crippen molar-refractivity contribution in [2.24, 2.45) is 0 Å². The van der Waals surface area contributed by atoms with E-state index in [0.717, 1.165) is 29.5 Å². The summed E-state index contributed by atoms with van der Waals surface area (Å²) in [6.07, 6.45) is 1.88. The Hall–Kier alpha value is -2.63. The molecule has 0 spiro atoms. The van der Waals surface area contributed by atoms with Crippen LogP contribution in [-0.4, -0.2) is 30.1 Å². The number of benzene rings is 2. The Bertz CT molecular complexity index is 1130. The maximum absolute atomic E-state index is 13.4. The van der Waals surface area contributed by atoms with E-state index in [9.17, 15) is 9.59 Å². The predicted octanol–water partition coefficient (Wildman–Crippen LogP) is 4.88. The molecule has 3 aromatic rings. The van der Waals surface area contributed by atoms with E-state index in [-0.39, 0.29) is 23.2 Å². The molecule has 0 radical (unpaired) electrons. The maximum atomic E-state index is 13.4. The first-order chi connectivity index (χ1) is 14.4. The van der Waals surface area contributed by atoms with Crippen molar-refractivity contribution in [1.82, 2.24) is 4.90 Å². The summed E-state index contributed by atoms with van der Waals surface area (Å²) >= 11 is 5.99. The number of fused-ring (bicyclic) bond motifs is 1. The average molecular weight is 426 g/mol. The zero-order valence-corrected chi connectivity index (χ0v) is 17.9. The molecule has 0 unspecified atom stereocenters. The fourth-order valence-corrected chi connectivity index (χ4v) is 3.86. The standard InChI is InChI=1S/C24H24ClNO4/c1-15-10-20-21(27)12-23(30-22(20)11-16(15)2)24(28)26(14-19-4-3-9-29-19)13-17-5-7-18(25)8-6-17/h5-8,10-12,19H,3-4,9,13-14H2,1-2H3/t19-/m1/s1. The smallest absolute Gasteiger partial charge is 0.290 e. The molecule has 1 aliphatic heterocycles. The molecule has 156 valence electrons. The first kappa shape index (κ1) is 20.6. The lowest BCUT2D eigenvalue weighted by Gasteiger charge is -2.25. The van der Waals surface area contributed by atoms with E-state index in [4.69, 9.17) is 20.8 Å². The minimum atomic E-state index is -0.322. The summed E-state index contributed by atoms with van der Waals surface area (Å²) in [5.74, 6) is -0.277. The van der Waals surface area contributed by atoms with Gasteiger partial charge in [-0.15, -0.1) is 0 Å². The Labute approximate surface area is 180 Å². The summed E-state index contributed by atoms with van der Waals surface area (Å²) in [4.78, 5) is 27.7. The van der Waals surface area contributed by atoms with Crippen LogP contribution in [-0.2, 0) is 11.3 Å².